The smallest absolute Gasteiger partial charge is 0.168 e. The summed E-state index contributed by atoms with van der Waals surface area (Å²) in [6.45, 7) is 7.77. The summed E-state index contributed by atoms with van der Waals surface area (Å²) in [7, 11) is 0. The molecule has 1 saturated heterocycles. The number of tetrazole rings is 1. The van der Waals surface area contributed by atoms with Crippen molar-refractivity contribution in [3.8, 4) is 0 Å². The number of rotatable bonds is 9. The van der Waals surface area contributed by atoms with Crippen molar-refractivity contribution in [2.45, 2.75) is 76.9 Å². The zero-order valence-corrected chi connectivity index (χ0v) is 17.9. The largest absolute Gasteiger partial charge is 0.298 e. The number of unbranched alkanes of at least 4 members (excludes halogenated alkanes) is 1. The molecule has 2 heterocycles. The van der Waals surface area contributed by atoms with Gasteiger partial charge in [-0.3, -0.25) is 9.80 Å². The Morgan fingerprint density at radius 1 is 1.03 bits per heavy atom. The minimum Gasteiger partial charge on any atom is -0.298 e. The highest BCUT2D eigenvalue weighted by Crippen LogP contribution is 2.29. The molecule has 0 spiro atoms. The molecule has 1 saturated carbocycles. The van der Waals surface area contributed by atoms with Crippen LogP contribution in [-0.4, -0.2) is 62.2 Å². The molecular weight excluding hydrogens is 360 g/mol. The maximum absolute atomic E-state index is 4.50. The summed E-state index contributed by atoms with van der Waals surface area (Å²) >= 11 is 0. The lowest BCUT2D eigenvalue weighted by Gasteiger charge is -2.41. The summed E-state index contributed by atoms with van der Waals surface area (Å²) in [5.41, 5.74) is 1.34. The average Bonchev–Trinajstić information content (AvgIpc) is 3.46. The summed E-state index contributed by atoms with van der Waals surface area (Å²) in [4.78, 5) is 5.38. The molecule has 2 aromatic rings. The van der Waals surface area contributed by atoms with Crippen LogP contribution in [0.5, 0.6) is 0 Å². The van der Waals surface area contributed by atoms with Crippen LogP contribution in [-0.2, 0) is 13.0 Å². The van der Waals surface area contributed by atoms with E-state index in [1.165, 1.54) is 57.2 Å². The number of hydrogen-bond acceptors (Lipinski definition) is 5. The van der Waals surface area contributed by atoms with Gasteiger partial charge in [0.1, 0.15) is 0 Å². The van der Waals surface area contributed by atoms with Gasteiger partial charge in [0.05, 0.1) is 6.04 Å². The number of benzene rings is 1. The topological polar surface area (TPSA) is 50.1 Å². The molecule has 6 heteroatoms. The fourth-order valence-electron chi connectivity index (χ4n) is 5.05. The minimum absolute atomic E-state index is 0.339. The predicted octanol–water partition coefficient (Wildman–Crippen LogP) is 3.71. The molecule has 0 unspecified atom stereocenters. The second-order valence-electron chi connectivity index (χ2n) is 8.66. The van der Waals surface area contributed by atoms with E-state index in [-0.39, 0.29) is 0 Å². The molecule has 0 amide bonds. The molecule has 1 atom stereocenters. The third-order valence-electron chi connectivity index (χ3n) is 6.77. The van der Waals surface area contributed by atoms with Gasteiger partial charge in [-0.05, 0) is 41.7 Å². The SMILES string of the molecule is CCCC[C@@H](c1nnnn1CCc1ccccc1)N1CCN(C2CCCC2)CC1. The van der Waals surface area contributed by atoms with E-state index in [9.17, 15) is 0 Å². The molecule has 2 aliphatic rings. The molecule has 0 radical (unpaired) electrons. The van der Waals surface area contributed by atoms with Gasteiger partial charge in [-0.25, -0.2) is 4.68 Å². The molecule has 2 fully saturated rings. The maximum Gasteiger partial charge on any atom is 0.168 e. The third-order valence-corrected chi connectivity index (χ3v) is 6.77. The van der Waals surface area contributed by atoms with Crippen molar-refractivity contribution in [3.63, 3.8) is 0 Å². The Morgan fingerprint density at radius 2 is 1.79 bits per heavy atom. The molecule has 0 bridgehead atoms. The summed E-state index contributed by atoms with van der Waals surface area (Å²) < 4.78 is 2.05. The Hall–Kier alpha value is -1.79. The van der Waals surface area contributed by atoms with Crippen LogP contribution in [0.25, 0.3) is 0 Å². The summed E-state index contributed by atoms with van der Waals surface area (Å²) in [5, 5.41) is 12.9. The van der Waals surface area contributed by atoms with Crippen LogP contribution in [0, 0.1) is 0 Å². The summed E-state index contributed by atoms with van der Waals surface area (Å²) in [5.74, 6) is 1.06. The Bertz CT molecular complexity index is 716. The van der Waals surface area contributed by atoms with Crippen LogP contribution in [0.3, 0.4) is 0 Å². The second kappa shape index (κ2) is 10.3. The van der Waals surface area contributed by atoms with Crippen molar-refractivity contribution in [2.24, 2.45) is 0 Å². The lowest BCUT2D eigenvalue weighted by Crippen LogP contribution is -2.50. The van der Waals surface area contributed by atoms with E-state index in [0.29, 0.717) is 6.04 Å². The van der Waals surface area contributed by atoms with Crippen molar-refractivity contribution in [2.75, 3.05) is 26.2 Å². The highest BCUT2D eigenvalue weighted by Gasteiger charge is 2.31. The normalized spacial score (nSPS) is 20.3. The molecule has 1 aliphatic heterocycles. The van der Waals surface area contributed by atoms with E-state index in [4.69, 9.17) is 0 Å². The maximum atomic E-state index is 4.50. The molecule has 1 aromatic carbocycles. The van der Waals surface area contributed by atoms with Crippen LogP contribution in [0.4, 0.5) is 0 Å². The fourth-order valence-corrected chi connectivity index (χ4v) is 5.05. The Balaban J connectivity index is 1.41. The zero-order valence-electron chi connectivity index (χ0n) is 17.9. The van der Waals surface area contributed by atoms with Crippen LogP contribution >= 0.6 is 0 Å². The molecule has 158 valence electrons. The Morgan fingerprint density at radius 3 is 2.52 bits per heavy atom. The first-order valence-corrected chi connectivity index (χ1v) is 11.6. The third kappa shape index (κ3) is 5.23. The average molecular weight is 397 g/mol. The number of nitrogens with zero attached hydrogens (tertiary/aromatic N) is 6. The quantitative estimate of drug-likeness (QED) is 0.647. The number of aromatic nitrogens is 4. The highest BCUT2D eigenvalue weighted by atomic mass is 15.6. The van der Waals surface area contributed by atoms with E-state index in [0.717, 1.165) is 44.3 Å². The van der Waals surface area contributed by atoms with Crippen molar-refractivity contribution < 1.29 is 0 Å². The first kappa shape index (κ1) is 20.5. The summed E-state index contributed by atoms with van der Waals surface area (Å²) in [6, 6.07) is 11.8. The first-order chi connectivity index (χ1) is 14.3. The predicted molar refractivity (Wildman–Crippen MR) is 116 cm³/mol. The van der Waals surface area contributed by atoms with Crippen molar-refractivity contribution >= 4 is 0 Å². The van der Waals surface area contributed by atoms with Gasteiger partial charge in [0, 0.05) is 38.8 Å². The van der Waals surface area contributed by atoms with Crippen LogP contribution in [0.2, 0.25) is 0 Å². The summed E-state index contributed by atoms with van der Waals surface area (Å²) in [6.07, 6.45) is 10.2. The standard InChI is InChI=1S/C23H36N6/c1-2-3-13-22(28-18-16-27(17-19-28)21-11-7-8-12-21)23-24-25-26-29(23)15-14-20-9-5-4-6-10-20/h4-6,9-10,21-22H,2-3,7-8,11-19H2,1H3/t22-/m0/s1. The number of aryl methyl sites for hydroxylation is 2. The second-order valence-corrected chi connectivity index (χ2v) is 8.66. The van der Waals surface area contributed by atoms with Gasteiger partial charge in [-0.1, -0.05) is 62.9 Å². The molecular formula is C23H36N6. The van der Waals surface area contributed by atoms with Gasteiger partial charge in [0.2, 0.25) is 0 Å². The number of hydrogen-bond donors (Lipinski definition) is 0. The lowest BCUT2D eigenvalue weighted by molar-refractivity contribution is 0.0621. The molecule has 0 N–H and O–H groups in total. The Kier molecular flexibility index (Phi) is 7.28. The van der Waals surface area contributed by atoms with Crippen LogP contribution in [0.15, 0.2) is 30.3 Å². The van der Waals surface area contributed by atoms with E-state index >= 15 is 0 Å². The zero-order chi connectivity index (χ0) is 19.9. The highest BCUT2D eigenvalue weighted by molar-refractivity contribution is 5.14. The Labute approximate surface area is 175 Å². The van der Waals surface area contributed by atoms with E-state index in [2.05, 4.69) is 67.3 Å². The van der Waals surface area contributed by atoms with Crippen molar-refractivity contribution in [3.05, 3.63) is 41.7 Å². The van der Waals surface area contributed by atoms with Gasteiger partial charge in [0.15, 0.2) is 5.82 Å². The van der Waals surface area contributed by atoms with Gasteiger partial charge in [0.25, 0.3) is 0 Å². The molecule has 6 nitrogen and oxygen atoms in total. The van der Waals surface area contributed by atoms with Gasteiger partial charge < -0.3 is 0 Å². The van der Waals surface area contributed by atoms with E-state index in [1.54, 1.807) is 0 Å². The monoisotopic (exact) mass is 396 g/mol. The van der Waals surface area contributed by atoms with Crippen LogP contribution < -0.4 is 0 Å². The first-order valence-electron chi connectivity index (χ1n) is 11.6. The molecule has 1 aromatic heterocycles. The molecule has 1 aliphatic carbocycles. The van der Waals surface area contributed by atoms with Gasteiger partial charge in [-0.15, -0.1) is 5.10 Å². The van der Waals surface area contributed by atoms with Crippen LogP contribution in [0.1, 0.15) is 69.3 Å². The van der Waals surface area contributed by atoms with Crippen molar-refractivity contribution in [1.29, 1.82) is 0 Å². The molecule has 4 rings (SSSR count). The molecule has 29 heavy (non-hydrogen) atoms. The van der Waals surface area contributed by atoms with E-state index in [1.807, 2.05) is 0 Å². The number of piperazine rings is 1. The minimum atomic E-state index is 0.339. The van der Waals surface area contributed by atoms with Gasteiger partial charge in [-0.2, -0.15) is 0 Å². The van der Waals surface area contributed by atoms with Crippen molar-refractivity contribution in [1.82, 2.24) is 30.0 Å². The van der Waals surface area contributed by atoms with Gasteiger partial charge >= 0.3 is 0 Å². The lowest BCUT2D eigenvalue weighted by atomic mass is 10.1. The van der Waals surface area contributed by atoms with E-state index < -0.39 is 0 Å². The fraction of sp³-hybridized carbons (Fsp3) is 0.696.